The van der Waals surface area contributed by atoms with Crippen molar-refractivity contribution in [3.8, 4) is 0 Å². The number of aromatic nitrogens is 2. The van der Waals surface area contributed by atoms with Crippen LogP contribution in [-0.2, 0) is 11.6 Å². The third-order valence-corrected chi connectivity index (χ3v) is 3.84. The first-order valence-electron chi connectivity index (χ1n) is 5.34. The maximum absolute atomic E-state index is 5.69. The highest BCUT2D eigenvalue weighted by Crippen LogP contribution is 2.24. The Hall–Kier alpha value is -1.06. The normalized spacial score (nSPS) is 10.5. The zero-order valence-corrected chi connectivity index (χ0v) is 11.1. The van der Waals surface area contributed by atoms with Crippen molar-refractivity contribution >= 4 is 23.4 Å². The molecule has 0 amide bonds. The SMILES string of the molecule is Cc1ccccc1SCc1ncc(CCl)cn1. The van der Waals surface area contributed by atoms with E-state index in [1.165, 1.54) is 10.5 Å². The highest BCUT2D eigenvalue weighted by Gasteiger charge is 2.01. The van der Waals surface area contributed by atoms with Crippen LogP contribution in [0.2, 0.25) is 0 Å². The second kappa shape index (κ2) is 6.03. The van der Waals surface area contributed by atoms with E-state index in [9.17, 15) is 0 Å². The topological polar surface area (TPSA) is 25.8 Å². The van der Waals surface area contributed by atoms with Crippen LogP contribution < -0.4 is 0 Å². The predicted octanol–water partition coefficient (Wildman–Crippen LogP) is 3.82. The van der Waals surface area contributed by atoms with Crippen LogP contribution in [0.3, 0.4) is 0 Å². The predicted molar refractivity (Wildman–Crippen MR) is 72.3 cm³/mol. The van der Waals surface area contributed by atoms with Crippen LogP contribution in [0.1, 0.15) is 17.0 Å². The lowest BCUT2D eigenvalue weighted by Gasteiger charge is -2.04. The zero-order valence-electron chi connectivity index (χ0n) is 9.56. The Morgan fingerprint density at radius 3 is 2.53 bits per heavy atom. The van der Waals surface area contributed by atoms with Crippen molar-refractivity contribution in [3.63, 3.8) is 0 Å². The van der Waals surface area contributed by atoms with E-state index in [0.29, 0.717) is 5.88 Å². The maximum Gasteiger partial charge on any atom is 0.138 e. The summed E-state index contributed by atoms with van der Waals surface area (Å²) in [7, 11) is 0. The Bertz CT molecular complexity index is 485. The molecule has 0 aliphatic heterocycles. The van der Waals surface area contributed by atoms with E-state index in [1.54, 1.807) is 24.2 Å². The first-order chi connectivity index (χ1) is 8.29. The summed E-state index contributed by atoms with van der Waals surface area (Å²) in [5.74, 6) is 2.09. The maximum atomic E-state index is 5.69. The highest BCUT2D eigenvalue weighted by atomic mass is 35.5. The molecule has 0 radical (unpaired) electrons. The lowest BCUT2D eigenvalue weighted by molar-refractivity contribution is 1.01. The number of alkyl halides is 1. The molecular formula is C13H13ClN2S. The van der Waals surface area contributed by atoms with Crippen molar-refractivity contribution in [2.24, 2.45) is 0 Å². The summed E-state index contributed by atoms with van der Waals surface area (Å²) in [6.07, 6.45) is 3.57. The van der Waals surface area contributed by atoms with Gasteiger partial charge in [-0.15, -0.1) is 23.4 Å². The van der Waals surface area contributed by atoms with Crippen molar-refractivity contribution in [1.82, 2.24) is 9.97 Å². The third-order valence-electron chi connectivity index (χ3n) is 2.36. The van der Waals surface area contributed by atoms with Crippen LogP contribution in [0.25, 0.3) is 0 Å². The van der Waals surface area contributed by atoms with Gasteiger partial charge in [0.1, 0.15) is 5.82 Å². The van der Waals surface area contributed by atoms with Crippen molar-refractivity contribution in [1.29, 1.82) is 0 Å². The highest BCUT2D eigenvalue weighted by molar-refractivity contribution is 7.98. The number of rotatable bonds is 4. The van der Waals surface area contributed by atoms with Gasteiger partial charge in [0, 0.05) is 22.9 Å². The number of hydrogen-bond acceptors (Lipinski definition) is 3. The number of aryl methyl sites for hydroxylation is 1. The molecule has 2 nitrogen and oxygen atoms in total. The molecule has 0 atom stereocenters. The number of hydrogen-bond donors (Lipinski definition) is 0. The fourth-order valence-electron chi connectivity index (χ4n) is 1.39. The van der Waals surface area contributed by atoms with Crippen LogP contribution in [0.15, 0.2) is 41.6 Å². The molecule has 0 fully saturated rings. The molecule has 0 bridgehead atoms. The van der Waals surface area contributed by atoms with E-state index in [0.717, 1.165) is 17.1 Å². The first-order valence-corrected chi connectivity index (χ1v) is 6.86. The Balaban J connectivity index is 2.00. The monoisotopic (exact) mass is 264 g/mol. The van der Waals surface area contributed by atoms with E-state index in [-0.39, 0.29) is 0 Å². The molecule has 0 spiro atoms. The van der Waals surface area contributed by atoms with E-state index < -0.39 is 0 Å². The van der Waals surface area contributed by atoms with E-state index in [1.807, 2.05) is 12.1 Å². The molecular weight excluding hydrogens is 252 g/mol. The van der Waals surface area contributed by atoms with E-state index in [2.05, 4.69) is 29.0 Å². The van der Waals surface area contributed by atoms with Crippen molar-refractivity contribution < 1.29 is 0 Å². The molecule has 17 heavy (non-hydrogen) atoms. The number of thioether (sulfide) groups is 1. The quantitative estimate of drug-likeness (QED) is 0.620. The number of nitrogens with zero attached hydrogens (tertiary/aromatic N) is 2. The lowest BCUT2D eigenvalue weighted by atomic mass is 10.2. The van der Waals surface area contributed by atoms with Gasteiger partial charge in [-0.25, -0.2) is 9.97 Å². The average Bonchev–Trinajstić information content (AvgIpc) is 2.38. The minimum atomic E-state index is 0.464. The van der Waals surface area contributed by atoms with Gasteiger partial charge in [-0.3, -0.25) is 0 Å². The molecule has 4 heteroatoms. The summed E-state index contributed by atoms with van der Waals surface area (Å²) >= 11 is 7.44. The Labute approximate surface area is 110 Å². The second-order valence-corrected chi connectivity index (χ2v) is 4.98. The first kappa shape index (κ1) is 12.4. The third kappa shape index (κ3) is 3.45. The van der Waals surface area contributed by atoms with Crippen LogP contribution in [0.4, 0.5) is 0 Å². The average molecular weight is 265 g/mol. The second-order valence-electron chi connectivity index (χ2n) is 3.70. The largest absolute Gasteiger partial charge is 0.240 e. The fraction of sp³-hybridized carbons (Fsp3) is 0.231. The minimum absolute atomic E-state index is 0.464. The fourth-order valence-corrected chi connectivity index (χ4v) is 2.43. The zero-order chi connectivity index (χ0) is 12.1. The summed E-state index contributed by atoms with van der Waals surface area (Å²) in [6.45, 7) is 2.11. The molecule has 0 saturated carbocycles. The van der Waals surface area contributed by atoms with E-state index >= 15 is 0 Å². The van der Waals surface area contributed by atoms with Gasteiger partial charge < -0.3 is 0 Å². The number of benzene rings is 1. The Morgan fingerprint density at radius 2 is 1.88 bits per heavy atom. The Kier molecular flexibility index (Phi) is 4.40. The summed E-state index contributed by atoms with van der Waals surface area (Å²) in [4.78, 5) is 9.83. The summed E-state index contributed by atoms with van der Waals surface area (Å²) in [6, 6.07) is 8.32. The van der Waals surface area contributed by atoms with Gasteiger partial charge in [0.05, 0.1) is 11.6 Å². The van der Waals surface area contributed by atoms with Gasteiger partial charge in [0.15, 0.2) is 0 Å². The van der Waals surface area contributed by atoms with E-state index in [4.69, 9.17) is 11.6 Å². The Morgan fingerprint density at radius 1 is 1.18 bits per heavy atom. The van der Waals surface area contributed by atoms with Gasteiger partial charge in [0.25, 0.3) is 0 Å². The smallest absolute Gasteiger partial charge is 0.138 e. The molecule has 1 heterocycles. The van der Waals surface area contributed by atoms with Crippen molar-refractivity contribution in [2.75, 3.05) is 0 Å². The molecule has 0 unspecified atom stereocenters. The standard InChI is InChI=1S/C13H13ClN2S/c1-10-4-2-3-5-12(10)17-9-13-15-7-11(6-14)8-16-13/h2-5,7-8H,6,9H2,1H3. The minimum Gasteiger partial charge on any atom is -0.240 e. The lowest BCUT2D eigenvalue weighted by Crippen LogP contribution is -1.93. The van der Waals surface area contributed by atoms with Gasteiger partial charge in [-0.2, -0.15) is 0 Å². The summed E-state index contributed by atoms with van der Waals surface area (Å²) < 4.78 is 0. The van der Waals surface area contributed by atoms with Crippen LogP contribution >= 0.6 is 23.4 Å². The van der Waals surface area contributed by atoms with Gasteiger partial charge >= 0.3 is 0 Å². The molecule has 0 aliphatic carbocycles. The molecule has 2 rings (SSSR count). The molecule has 0 saturated heterocycles. The number of halogens is 1. The van der Waals surface area contributed by atoms with Crippen LogP contribution in [0, 0.1) is 6.92 Å². The van der Waals surface area contributed by atoms with Gasteiger partial charge in [0.2, 0.25) is 0 Å². The summed E-state index contributed by atoms with van der Waals surface area (Å²) in [5, 5.41) is 0. The molecule has 2 aromatic rings. The van der Waals surface area contributed by atoms with Crippen LogP contribution in [0.5, 0.6) is 0 Å². The molecule has 1 aromatic carbocycles. The summed E-state index contributed by atoms with van der Waals surface area (Å²) in [5.41, 5.74) is 2.24. The molecule has 0 N–H and O–H groups in total. The van der Waals surface area contributed by atoms with Crippen molar-refractivity contribution in [3.05, 3.63) is 53.6 Å². The van der Waals surface area contributed by atoms with Crippen LogP contribution in [-0.4, -0.2) is 9.97 Å². The molecule has 88 valence electrons. The van der Waals surface area contributed by atoms with Crippen molar-refractivity contribution in [2.45, 2.75) is 23.5 Å². The molecule has 0 aliphatic rings. The molecule has 1 aromatic heterocycles. The van der Waals surface area contributed by atoms with Gasteiger partial charge in [-0.05, 0) is 18.6 Å². The van der Waals surface area contributed by atoms with Gasteiger partial charge in [-0.1, -0.05) is 18.2 Å².